The summed E-state index contributed by atoms with van der Waals surface area (Å²) in [6.07, 6.45) is 1.61. The number of carbonyl (C=O) groups excluding carboxylic acids is 3. The number of thioether (sulfide) groups is 1. The number of phosphoric ester groups is 3. The molecule has 60 heavy (non-hydrogen) atoms. The van der Waals surface area contributed by atoms with Gasteiger partial charge in [-0.15, -0.1) is 0 Å². The number of amides is 2. The molecule has 2 amide bonds. The molecule has 2 aromatic heterocycles. The lowest BCUT2D eigenvalue weighted by Crippen LogP contribution is -2.46. The maximum absolute atomic E-state index is 12.7. The van der Waals surface area contributed by atoms with Crippen LogP contribution in [0.3, 0.4) is 0 Å². The number of nitrogens with zero attached hydrogens (tertiary/aromatic N) is 4. The predicted octanol–water partition coefficient (Wildman–Crippen LogP) is 1.83. The van der Waals surface area contributed by atoms with Crippen LogP contribution in [0.4, 0.5) is 5.82 Å². The van der Waals surface area contributed by atoms with Gasteiger partial charge in [-0.25, -0.2) is 28.6 Å². The van der Waals surface area contributed by atoms with Crippen molar-refractivity contribution < 1.29 is 80.5 Å². The van der Waals surface area contributed by atoms with Crippen molar-refractivity contribution >= 4 is 69.1 Å². The molecule has 0 saturated carbocycles. The minimum absolute atomic E-state index is 0.0317. The number of rotatable bonds is 26. The first-order valence-corrected chi connectivity index (χ1v) is 24.1. The van der Waals surface area contributed by atoms with Gasteiger partial charge in [0.1, 0.15) is 36.3 Å². The van der Waals surface area contributed by atoms with E-state index in [0.717, 1.165) is 54.7 Å². The van der Waals surface area contributed by atoms with Crippen LogP contribution in [0.5, 0.6) is 0 Å². The average molecular weight is 934 g/mol. The van der Waals surface area contributed by atoms with E-state index in [1.54, 1.807) is 0 Å². The summed E-state index contributed by atoms with van der Waals surface area (Å²) >= 11 is 1.13. The highest BCUT2D eigenvalue weighted by Gasteiger charge is 2.50. The summed E-state index contributed by atoms with van der Waals surface area (Å²) in [6.45, 7) is 4.77. The number of hydrogen-bond donors (Lipinski definition) is 9. The van der Waals surface area contributed by atoms with Gasteiger partial charge in [-0.2, -0.15) is 4.31 Å². The Morgan fingerprint density at radius 3 is 2.40 bits per heavy atom. The first-order chi connectivity index (χ1) is 27.9. The highest BCUT2D eigenvalue weighted by molar-refractivity contribution is 8.13. The second-order valence-electron chi connectivity index (χ2n) is 14.6. The Hall–Kier alpha value is -2.70. The van der Waals surface area contributed by atoms with Crippen molar-refractivity contribution in [1.29, 1.82) is 0 Å². The summed E-state index contributed by atoms with van der Waals surface area (Å²) in [5.74, 6) is -0.537. The van der Waals surface area contributed by atoms with Gasteiger partial charge in [0.25, 0.3) is 0 Å². The molecule has 2 unspecified atom stereocenters. The average Bonchev–Trinajstić information content (AvgIpc) is 3.70. The minimum Gasteiger partial charge on any atom is -0.386 e. The number of fused-ring (bicyclic) bond motifs is 1. The van der Waals surface area contributed by atoms with Crippen LogP contribution in [-0.2, 0) is 50.7 Å². The number of nitrogens with one attached hydrogen (secondary N) is 2. The van der Waals surface area contributed by atoms with Gasteiger partial charge < -0.3 is 50.9 Å². The third kappa shape index (κ3) is 17.2. The minimum atomic E-state index is -5.57. The molecule has 1 aliphatic heterocycles. The molecule has 3 heterocycles. The first kappa shape index (κ1) is 51.6. The maximum atomic E-state index is 12.7. The number of aliphatic hydroxyl groups excluding tert-OH is 2. The number of unbranched alkanes of at least 4 members (excludes halogenated alkanes) is 3. The maximum Gasteiger partial charge on any atom is 0.481 e. The van der Waals surface area contributed by atoms with E-state index in [9.17, 15) is 57.9 Å². The van der Waals surface area contributed by atoms with Crippen molar-refractivity contribution in [3.63, 3.8) is 0 Å². The number of imidazole rings is 1. The van der Waals surface area contributed by atoms with Crippen LogP contribution in [0, 0.1) is 11.3 Å². The molecule has 340 valence electrons. The van der Waals surface area contributed by atoms with Crippen molar-refractivity contribution in [2.75, 3.05) is 37.8 Å². The van der Waals surface area contributed by atoms with Crippen molar-refractivity contribution in [1.82, 2.24) is 30.2 Å². The first-order valence-electron chi connectivity index (χ1n) is 18.6. The van der Waals surface area contributed by atoms with E-state index < -0.39 is 84.6 Å². The standard InChI is InChI=1S/C32H54N7O17P3S/c1-20(2)10-8-6-5-7-9-11-23(41)60-15-14-34-22(40)12-13-35-30(44)27(43)32(3,4)17-53-59(50,51)56-58(48,49)52-16-21-26(55-57(45,46)47)25(42)31(54-21)39-19-38-24-28(33)36-18-37-29(24)39/h8,10,18-21,25-27,31,42-43H,5-7,9,11-17H2,1-4H3,(H,34,40)(H,35,44)(H,48,49)(H,50,51)(H2,33,36,37)(H2,45,46,47)/b10-8+/t21-,25-,26-,27+,31-/m1/s1. The second kappa shape index (κ2) is 23.1. The zero-order chi connectivity index (χ0) is 44.9. The second-order valence-corrected chi connectivity index (χ2v) is 19.9. The number of ether oxygens (including phenoxy) is 1. The quantitative estimate of drug-likeness (QED) is 0.0369. The molecular weight excluding hydrogens is 879 g/mol. The number of aromatic nitrogens is 4. The third-order valence-electron chi connectivity index (χ3n) is 8.54. The molecule has 0 bridgehead atoms. The van der Waals surface area contributed by atoms with Crippen molar-refractivity contribution in [3.8, 4) is 0 Å². The number of nitrogens with two attached hydrogens (primary N) is 1. The number of hydrogen-bond acceptors (Lipinski definition) is 18. The van der Waals surface area contributed by atoms with Crippen LogP contribution in [-0.4, -0.2) is 123 Å². The SMILES string of the molecule is CC(C)/C=C/CCCCCC(=O)SCCNC(=O)CCNC(=O)[C@H](O)C(C)(C)COP(=O)(O)OP(=O)(O)OC[C@H]1O[C@@H](n2cnc3c(N)ncnc32)[C@H](O)[C@@H]1OP(=O)(O)O. The third-order valence-corrected chi connectivity index (χ3v) is 12.6. The molecule has 1 aliphatic rings. The topological polar surface area (TPSA) is 364 Å². The molecule has 3 rings (SSSR count). The van der Waals surface area contributed by atoms with E-state index >= 15 is 0 Å². The summed E-state index contributed by atoms with van der Waals surface area (Å²) < 4.78 is 62.2. The van der Waals surface area contributed by atoms with Crippen LogP contribution < -0.4 is 16.4 Å². The molecule has 0 spiro atoms. The number of anilines is 1. The fourth-order valence-electron chi connectivity index (χ4n) is 5.44. The van der Waals surface area contributed by atoms with Crippen molar-refractivity contribution in [3.05, 3.63) is 24.8 Å². The molecule has 2 aromatic rings. The van der Waals surface area contributed by atoms with Gasteiger partial charge in [0.05, 0.1) is 19.5 Å². The van der Waals surface area contributed by atoms with E-state index in [1.807, 2.05) is 0 Å². The monoisotopic (exact) mass is 933 g/mol. The van der Waals surface area contributed by atoms with Gasteiger partial charge in [0.2, 0.25) is 11.8 Å². The van der Waals surface area contributed by atoms with Gasteiger partial charge in [0.15, 0.2) is 22.8 Å². The predicted molar refractivity (Wildman–Crippen MR) is 214 cm³/mol. The summed E-state index contributed by atoms with van der Waals surface area (Å²) in [7, 11) is -16.4. The lowest BCUT2D eigenvalue weighted by atomic mass is 9.87. The van der Waals surface area contributed by atoms with Gasteiger partial charge in [-0.1, -0.05) is 58.0 Å². The molecule has 24 nitrogen and oxygen atoms in total. The Balaban J connectivity index is 1.41. The lowest BCUT2D eigenvalue weighted by molar-refractivity contribution is -0.137. The molecule has 0 aromatic carbocycles. The summed E-state index contributed by atoms with van der Waals surface area (Å²) in [6, 6.07) is 0. The lowest BCUT2D eigenvalue weighted by Gasteiger charge is -2.30. The Morgan fingerprint density at radius 2 is 1.72 bits per heavy atom. The fraction of sp³-hybridized carbons (Fsp3) is 0.688. The summed E-state index contributed by atoms with van der Waals surface area (Å²) in [4.78, 5) is 87.9. The van der Waals surface area contributed by atoms with Crippen LogP contribution in [0.15, 0.2) is 24.8 Å². The van der Waals surface area contributed by atoms with Gasteiger partial charge in [-0.05, 0) is 25.2 Å². The number of nitrogen functional groups attached to an aromatic ring is 1. The Labute approximate surface area is 349 Å². The smallest absolute Gasteiger partial charge is 0.386 e. The zero-order valence-electron chi connectivity index (χ0n) is 33.3. The Morgan fingerprint density at radius 1 is 1.02 bits per heavy atom. The molecule has 7 atom stereocenters. The van der Waals surface area contributed by atoms with E-state index in [4.69, 9.17) is 19.5 Å². The largest absolute Gasteiger partial charge is 0.481 e. The molecule has 1 saturated heterocycles. The molecule has 10 N–H and O–H groups in total. The normalized spacial score (nSPS) is 21.2. The highest BCUT2D eigenvalue weighted by Crippen LogP contribution is 2.61. The molecule has 0 radical (unpaired) electrons. The molecule has 28 heteroatoms. The fourth-order valence-corrected chi connectivity index (χ4v) is 8.99. The van der Waals surface area contributed by atoms with Crippen molar-refractivity contribution in [2.45, 2.75) is 96.9 Å². The van der Waals surface area contributed by atoms with Gasteiger partial charge >= 0.3 is 23.5 Å². The van der Waals surface area contributed by atoms with E-state index in [2.05, 4.69) is 60.4 Å². The number of phosphoric acid groups is 3. The molecule has 0 aliphatic carbocycles. The van der Waals surface area contributed by atoms with E-state index in [-0.39, 0.29) is 41.6 Å². The van der Waals surface area contributed by atoms with Crippen molar-refractivity contribution in [2.24, 2.45) is 11.3 Å². The van der Waals surface area contributed by atoms with Crippen LogP contribution in [0.1, 0.15) is 72.4 Å². The van der Waals surface area contributed by atoms with Crippen LogP contribution in [0.25, 0.3) is 11.2 Å². The van der Waals surface area contributed by atoms with Gasteiger partial charge in [-0.3, -0.25) is 32.5 Å². The Kier molecular flexibility index (Phi) is 19.9. The molecular formula is C32H54N7O17P3S. The van der Waals surface area contributed by atoms with E-state index in [1.165, 1.54) is 13.8 Å². The number of aliphatic hydroxyl groups is 2. The van der Waals surface area contributed by atoms with Crippen LogP contribution >= 0.6 is 35.2 Å². The van der Waals surface area contributed by atoms with Crippen LogP contribution in [0.2, 0.25) is 0 Å². The number of carbonyl (C=O) groups is 3. The zero-order valence-corrected chi connectivity index (χ0v) is 36.8. The summed E-state index contributed by atoms with van der Waals surface area (Å²) in [5.41, 5.74) is 4.27. The van der Waals surface area contributed by atoms with E-state index in [0.29, 0.717) is 18.1 Å². The Bertz CT molecular complexity index is 1930. The summed E-state index contributed by atoms with van der Waals surface area (Å²) in [5, 5.41) is 26.5. The highest BCUT2D eigenvalue weighted by atomic mass is 32.2. The van der Waals surface area contributed by atoms with Gasteiger partial charge in [0, 0.05) is 37.1 Å². The number of allylic oxidation sites excluding steroid dienone is 2. The molecule has 1 fully saturated rings.